The molecule has 1 aromatic rings. The van der Waals surface area contributed by atoms with Gasteiger partial charge in [-0.3, -0.25) is 0 Å². The van der Waals surface area contributed by atoms with Crippen LogP contribution >= 0.6 is 7.70 Å². The van der Waals surface area contributed by atoms with Crippen molar-refractivity contribution in [1.29, 1.82) is 0 Å². The van der Waals surface area contributed by atoms with Gasteiger partial charge in [0.2, 0.25) is 13.6 Å². The van der Waals surface area contributed by atoms with E-state index < -0.39 is 0 Å². The maximum absolute atomic E-state index is 5.38. The van der Waals surface area contributed by atoms with Gasteiger partial charge in [-0.05, 0) is 19.4 Å². The number of aromatic nitrogens is 1. The van der Waals surface area contributed by atoms with Crippen molar-refractivity contribution in [3.63, 3.8) is 0 Å². The van der Waals surface area contributed by atoms with E-state index in [1.54, 1.807) is 0 Å². The van der Waals surface area contributed by atoms with Gasteiger partial charge in [0.05, 0.1) is 12.3 Å². The third kappa shape index (κ3) is 2.48. The Kier molecular flexibility index (Phi) is 3.22. The first-order chi connectivity index (χ1) is 7.29. The normalized spacial score (nSPS) is 16.5. The number of anilines is 1. The highest BCUT2D eigenvalue weighted by Gasteiger charge is 2.19. The monoisotopic (exact) mass is 223 g/mol. The Balaban J connectivity index is 2.16. The molecule has 1 unspecified atom stereocenters. The third-order valence-electron chi connectivity index (χ3n) is 2.35. The molecular weight excluding hydrogens is 207 g/mol. The number of nitrogens with one attached hydrogen (secondary N) is 1. The molecule has 0 fully saturated rings. The highest BCUT2D eigenvalue weighted by Crippen LogP contribution is 2.34. The average molecular weight is 223 g/mol. The van der Waals surface area contributed by atoms with Crippen molar-refractivity contribution in [2.24, 2.45) is 0 Å². The zero-order valence-electron chi connectivity index (χ0n) is 9.16. The highest BCUT2D eigenvalue weighted by atomic mass is 31.1. The molecule has 0 radical (unpaired) electrons. The minimum Gasteiger partial charge on any atom is -0.478 e. The van der Waals surface area contributed by atoms with Crippen LogP contribution in [0.4, 0.5) is 5.69 Å². The Morgan fingerprint density at radius 3 is 3.00 bits per heavy atom. The van der Waals surface area contributed by atoms with Crippen molar-refractivity contribution in [3.05, 3.63) is 17.8 Å². The van der Waals surface area contributed by atoms with E-state index in [1.165, 1.54) is 18.1 Å². The summed E-state index contributed by atoms with van der Waals surface area (Å²) in [7, 11) is -0.0703. The van der Waals surface area contributed by atoms with E-state index in [0.29, 0.717) is 12.5 Å². The molecule has 2 heterocycles. The van der Waals surface area contributed by atoms with Crippen molar-refractivity contribution < 1.29 is 4.74 Å². The summed E-state index contributed by atoms with van der Waals surface area (Å²) in [6.45, 7) is 4.70. The molecule has 0 spiro atoms. The quantitative estimate of drug-likeness (QED) is 0.797. The van der Waals surface area contributed by atoms with Crippen LogP contribution in [0.3, 0.4) is 0 Å². The smallest absolute Gasteiger partial charge is 0.215 e. The van der Waals surface area contributed by atoms with Crippen LogP contribution < -0.4 is 9.82 Å². The molecule has 1 atom stereocenters. The number of hydrogen-bond donors (Lipinski definition) is 1. The minimum atomic E-state index is -0.0703. The Labute approximate surface area is 91.3 Å². The molecule has 80 valence electrons. The standard InChI is InChI=1S/C11H16N2OP/c1-3-14-11-7-10(9(2)8-12-11)13-15-5-4-6-15/h5,7-8H,3-4,6H2,1-2H3,(H,12,13)/q+1. The summed E-state index contributed by atoms with van der Waals surface area (Å²) in [4.78, 5) is 4.21. The van der Waals surface area contributed by atoms with Gasteiger partial charge in [-0.2, -0.15) is 0 Å². The lowest BCUT2D eigenvalue weighted by atomic mass is 10.3. The summed E-state index contributed by atoms with van der Waals surface area (Å²) < 4.78 is 5.38. The SMILES string of the molecule is CCOc1cc(N[P+]2=CCC2)c(C)cn1. The fourth-order valence-corrected chi connectivity index (χ4v) is 2.64. The maximum Gasteiger partial charge on any atom is 0.215 e. The molecule has 1 aliphatic rings. The van der Waals surface area contributed by atoms with Crippen molar-refractivity contribution in [2.75, 3.05) is 17.9 Å². The molecule has 0 aliphatic carbocycles. The van der Waals surface area contributed by atoms with Crippen molar-refractivity contribution in [2.45, 2.75) is 20.3 Å². The first-order valence-corrected chi connectivity index (χ1v) is 6.85. The van der Waals surface area contributed by atoms with E-state index in [1.807, 2.05) is 19.2 Å². The Bertz CT molecular complexity index is 390. The molecule has 0 amide bonds. The second-order valence-electron chi connectivity index (χ2n) is 3.55. The summed E-state index contributed by atoms with van der Waals surface area (Å²) in [6.07, 6.45) is 4.41. The largest absolute Gasteiger partial charge is 0.478 e. The van der Waals surface area contributed by atoms with Gasteiger partial charge in [-0.25, -0.2) is 10.1 Å². The molecule has 0 saturated heterocycles. The number of rotatable bonds is 4. The number of pyridine rings is 1. The number of ether oxygens (including phenoxy) is 1. The molecule has 4 heteroatoms. The second-order valence-corrected chi connectivity index (χ2v) is 5.52. The maximum atomic E-state index is 5.38. The number of nitrogens with zero attached hydrogens (tertiary/aromatic N) is 1. The van der Waals surface area contributed by atoms with Gasteiger partial charge in [-0.15, -0.1) is 0 Å². The average Bonchev–Trinajstić information content (AvgIpc) is 2.16. The number of hydrogen-bond acceptors (Lipinski definition) is 3. The van der Waals surface area contributed by atoms with Crippen molar-refractivity contribution in [3.8, 4) is 5.88 Å². The van der Waals surface area contributed by atoms with Crippen LogP contribution in [0.15, 0.2) is 12.3 Å². The molecule has 2 rings (SSSR count). The predicted molar refractivity (Wildman–Crippen MR) is 66.2 cm³/mol. The van der Waals surface area contributed by atoms with Crippen LogP contribution in [0.25, 0.3) is 0 Å². The molecule has 0 bridgehead atoms. The molecule has 0 saturated carbocycles. The van der Waals surface area contributed by atoms with Gasteiger partial charge in [0.25, 0.3) is 0 Å². The first kappa shape index (κ1) is 10.4. The first-order valence-electron chi connectivity index (χ1n) is 5.25. The van der Waals surface area contributed by atoms with Gasteiger partial charge in [-0.1, -0.05) is 0 Å². The van der Waals surface area contributed by atoms with Crippen molar-refractivity contribution >= 4 is 19.2 Å². The number of aryl methyl sites for hydroxylation is 1. The van der Waals surface area contributed by atoms with Crippen LogP contribution in [0.1, 0.15) is 18.9 Å². The Morgan fingerprint density at radius 1 is 1.60 bits per heavy atom. The molecular formula is C11H16N2OP+. The molecule has 1 N–H and O–H groups in total. The van der Waals surface area contributed by atoms with Gasteiger partial charge < -0.3 is 4.74 Å². The predicted octanol–water partition coefficient (Wildman–Crippen LogP) is 2.80. The minimum absolute atomic E-state index is 0.0703. The highest BCUT2D eigenvalue weighted by molar-refractivity contribution is 7.60. The van der Waals surface area contributed by atoms with E-state index in [2.05, 4.69) is 22.8 Å². The van der Waals surface area contributed by atoms with E-state index in [0.717, 1.165) is 5.69 Å². The zero-order chi connectivity index (χ0) is 10.7. The lowest BCUT2D eigenvalue weighted by Gasteiger charge is -2.09. The van der Waals surface area contributed by atoms with Gasteiger partial charge in [0, 0.05) is 18.7 Å². The van der Waals surface area contributed by atoms with E-state index in [9.17, 15) is 0 Å². The molecule has 3 nitrogen and oxygen atoms in total. The Morgan fingerprint density at radius 2 is 2.40 bits per heavy atom. The van der Waals surface area contributed by atoms with Crippen molar-refractivity contribution in [1.82, 2.24) is 4.98 Å². The van der Waals surface area contributed by atoms with Crippen LogP contribution in [0.5, 0.6) is 5.88 Å². The zero-order valence-corrected chi connectivity index (χ0v) is 10.1. The van der Waals surface area contributed by atoms with E-state index >= 15 is 0 Å². The topological polar surface area (TPSA) is 34.1 Å². The summed E-state index contributed by atoms with van der Waals surface area (Å²) in [5.41, 5.74) is 2.34. The van der Waals surface area contributed by atoms with Crippen LogP contribution in [0.2, 0.25) is 0 Å². The summed E-state index contributed by atoms with van der Waals surface area (Å²) in [6, 6.07) is 1.99. The van der Waals surface area contributed by atoms with E-state index in [4.69, 9.17) is 4.74 Å². The Hall–Kier alpha value is -1.08. The van der Waals surface area contributed by atoms with Gasteiger partial charge in [0.15, 0.2) is 0 Å². The van der Waals surface area contributed by atoms with E-state index in [-0.39, 0.29) is 7.70 Å². The lowest BCUT2D eigenvalue weighted by molar-refractivity contribution is 0.327. The molecule has 0 aromatic carbocycles. The van der Waals surface area contributed by atoms with Crippen LogP contribution in [0, 0.1) is 6.92 Å². The summed E-state index contributed by atoms with van der Waals surface area (Å²) in [5, 5.41) is 3.53. The second kappa shape index (κ2) is 4.63. The summed E-state index contributed by atoms with van der Waals surface area (Å²) in [5.74, 6) is 3.07. The molecule has 1 aromatic heterocycles. The fourth-order valence-electron chi connectivity index (χ4n) is 1.37. The lowest BCUT2D eigenvalue weighted by Crippen LogP contribution is -2.03. The molecule has 15 heavy (non-hydrogen) atoms. The third-order valence-corrected chi connectivity index (χ3v) is 4.32. The van der Waals surface area contributed by atoms with Gasteiger partial charge >= 0.3 is 0 Å². The summed E-state index contributed by atoms with van der Waals surface area (Å²) >= 11 is 0. The van der Waals surface area contributed by atoms with Crippen LogP contribution in [-0.4, -0.2) is 23.5 Å². The fraction of sp³-hybridized carbons (Fsp3) is 0.455. The molecule has 1 aliphatic heterocycles. The van der Waals surface area contributed by atoms with Crippen LogP contribution in [-0.2, 0) is 0 Å². The van der Waals surface area contributed by atoms with Gasteiger partial charge in [0.1, 0.15) is 12.0 Å².